The number of methoxy groups -OCH3 is 2. The van der Waals surface area contributed by atoms with E-state index < -0.39 is 42.3 Å². The zero-order valence-electron chi connectivity index (χ0n) is 38.9. The Bertz CT molecular complexity index is 1940. The molecule has 0 radical (unpaired) electrons. The molecule has 3 heterocycles. The number of carbonyl (C=O) groups excluding carboxylic acids is 4. The van der Waals surface area contributed by atoms with E-state index in [2.05, 4.69) is 40.1 Å². The van der Waals surface area contributed by atoms with Crippen molar-refractivity contribution in [1.82, 2.24) is 16.0 Å². The fourth-order valence-electron chi connectivity index (χ4n) is 8.40. The van der Waals surface area contributed by atoms with Gasteiger partial charge in [-0.1, -0.05) is 44.6 Å². The molecule has 362 valence electrons. The van der Waals surface area contributed by atoms with Gasteiger partial charge in [0, 0.05) is 67.5 Å². The monoisotopic (exact) mass is 930 g/mol. The second-order valence-electron chi connectivity index (χ2n) is 17.5. The number of nitrogens with two attached hydrogens (primary N) is 1. The highest BCUT2D eigenvalue weighted by molar-refractivity contribution is 8.00. The molecule has 1 aromatic rings. The Morgan fingerprint density at radius 1 is 1.06 bits per heavy atom. The van der Waals surface area contributed by atoms with Gasteiger partial charge in [0.25, 0.3) is 5.91 Å². The van der Waals surface area contributed by atoms with E-state index in [4.69, 9.17) is 29.4 Å². The van der Waals surface area contributed by atoms with Crippen molar-refractivity contribution in [2.75, 3.05) is 58.3 Å². The number of aliphatic hydroxyl groups is 1. The Morgan fingerprint density at radius 3 is 2.51 bits per heavy atom. The molecule has 2 fully saturated rings. The largest absolute Gasteiger partial charge is 0.506 e. The summed E-state index contributed by atoms with van der Waals surface area (Å²) in [5.41, 5.74) is 5.98. The van der Waals surface area contributed by atoms with Crippen LogP contribution in [-0.2, 0) is 39.7 Å². The number of amides is 5. The van der Waals surface area contributed by atoms with E-state index in [-0.39, 0.29) is 89.2 Å². The first-order valence-corrected chi connectivity index (χ1v) is 23.2. The molecule has 0 aromatic heterocycles. The number of fused-ring (bicyclic) bond motifs is 3. The van der Waals surface area contributed by atoms with Crippen LogP contribution in [0.15, 0.2) is 46.5 Å². The van der Waals surface area contributed by atoms with Crippen LogP contribution in [0.3, 0.4) is 0 Å². The lowest BCUT2D eigenvalue weighted by Crippen LogP contribution is -2.58. The van der Waals surface area contributed by atoms with Crippen LogP contribution in [-0.4, -0.2) is 139 Å². The van der Waals surface area contributed by atoms with Crippen molar-refractivity contribution in [2.45, 2.75) is 121 Å². The van der Waals surface area contributed by atoms with Gasteiger partial charge in [-0.05, 0) is 64.9 Å². The van der Waals surface area contributed by atoms with Gasteiger partial charge < -0.3 is 66.0 Å². The smallest absolute Gasteiger partial charge is 0.405 e. The Kier molecular flexibility index (Phi) is 20.2. The first kappa shape index (κ1) is 53.0. The number of aromatic hydroxyl groups is 2. The van der Waals surface area contributed by atoms with Crippen LogP contribution in [0.5, 0.6) is 11.5 Å². The maximum atomic E-state index is 13.3. The SMILES string of the molecule is CO[C@H]1C=CC=C(C)C(=O)Nc2cc(O)c(N=CCOCCOCCNC(=O)CCCCC3SCC4(C)NC(=O)NC34C)c(c2O)C[C@@H](C)C[C@H](OC)[C@H](O)[C@@H](C)C=C(C)[C@@H]1OC(N)=O. The third kappa shape index (κ3) is 14.4. The molecule has 1 aromatic carbocycles. The van der Waals surface area contributed by atoms with Gasteiger partial charge in [0.15, 0.2) is 6.10 Å². The normalized spacial score (nSPS) is 28.8. The van der Waals surface area contributed by atoms with Crippen LogP contribution in [0.25, 0.3) is 0 Å². The predicted molar refractivity (Wildman–Crippen MR) is 250 cm³/mol. The molecule has 65 heavy (non-hydrogen) atoms. The topological polar surface area (TPSA) is 262 Å². The molecule has 3 aliphatic rings. The van der Waals surface area contributed by atoms with Crippen LogP contribution >= 0.6 is 11.8 Å². The third-order valence-corrected chi connectivity index (χ3v) is 14.3. The number of aliphatic hydroxyl groups excluding tert-OH is 1. The Labute approximate surface area is 386 Å². The highest BCUT2D eigenvalue weighted by Crippen LogP contribution is 2.47. The predicted octanol–water partition coefficient (Wildman–Crippen LogP) is 4.92. The number of aliphatic imine (C=N–C) groups is 1. The molecular formula is C46H70N6O12S. The lowest BCUT2D eigenvalue weighted by molar-refractivity contribution is -0.121. The number of ether oxygens (including phenoxy) is 5. The summed E-state index contributed by atoms with van der Waals surface area (Å²) in [6, 6.07) is 1.10. The molecule has 3 aliphatic heterocycles. The van der Waals surface area contributed by atoms with Crippen molar-refractivity contribution in [1.29, 1.82) is 0 Å². The standard InChI is InChI=1S/C46H70N6O12S/c1-27-22-31-38(49-17-19-63-21-20-62-18-16-48-37(54)15-10-9-14-36-46(6)45(5,26-65-36)51-44(59)52-46)33(53)25-32(40(31)56)50-42(57)28(2)12-11-13-34(60-7)41(64-43(47)58)30(4)24-29(3)39(55)35(23-27)61-8/h11-13,17,24-25,27,29,34-36,39,41,53,55-56H,9-10,14-16,18-23,26H2,1-8H3,(H2,47,58)(H,48,54)(H,50,57)(H2,51,52,59)/t27-,29+,34+,35+,36?,39-,41+,45?,46?/m1/s1. The molecule has 3 unspecified atom stereocenters. The van der Waals surface area contributed by atoms with Crippen LogP contribution in [0.2, 0.25) is 0 Å². The average molecular weight is 931 g/mol. The number of phenolic OH excluding ortho intramolecular Hbond substituents is 2. The molecule has 0 saturated carbocycles. The molecule has 9 N–H and O–H groups in total. The van der Waals surface area contributed by atoms with E-state index in [1.807, 2.05) is 18.7 Å². The summed E-state index contributed by atoms with van der Waals surface area (Å²) < 4.78 is 28.0. The Hall–Kier alpha value is -4.66. The maximum absolute atomic E-state index is 13.3. The summed E-state index contributed by atoms with van der Waals surface area (Å²) >= 11 is 1.86. The second-order valence-corrected chi connectivity index (χ2v) is 18.6. The summed E-state index contributed by atoms with van der Waals surface area (Å²) in [5.74, 6) is -1.03. The second kappa shape index (κ2) is 24.7. The van der Waals surface area contributed by atoms with E-state index in [0.29, 0.717) is 36.8 Å². The molecule has 0 spiro atoms. The molecule has 9 atom stereocenters. The summed E-state index contributed by atoms with van der Waals surface area (Å²) in [6.07, 6.45) is 6.95. The number of primary amides is 1. The number of hydrogen-bond donors (Lipinski definition) is 8. The number of rotatable bonds is 17. The van der Waals surface area contributed by atoms with Crippen molar-refractivity contribution < 1.29 is 58.2 Å². The lowest BCUT2D eigenvalue weighted by Gasteiger charge is -2.35. The quantitative estimate of drug-likeness (QED) is 0.0258. The fraction of sp³-hybridized carbons (Fsp3) is 0.630. The molecule has 18 nitrogen and oxygen atoms in total. The number of carbonyl (C=O) groups is 4. The summed E-state index contributed by atoms with van der Waals surface area (Å²) in [6.45, 7) is 12.4. The van der Waals surface area contributed by atoms with Gasteiger partial charge >= 0.3 is 12.1 Å². The van der Waals surface area contributed by atoms with Gasteiger partial charge in [-0.2, -0.15) is 11.8 Å². The van der Waals surface area contributed by atoms with Crippen molar-refractivity contribution in [2.24, 2.45) is 22.6 Å². The summed E-state index contributed by atoms with van der Waals surface area (Å²) in [7, 11) is 2.92. The number of thioether (sulfide) groups is 1. The molecule has 2 bridgehead atoms. The lowest BCUT2D eigenvalue weighted by atomic mass is 9.79. The number of benzene rings is 1. The van der Waals surface area contributed by atoms with Crippen molar-refractivity contribution >= 4 is 53.3 Å². The van der Waals surface area contributed by atoms with E-state index in [1.54, 1.807) is 39.0 Å². The zero-order valence-corrected chi connectivity index (χ0v) is 39.8. The highest BCUT2D eigenvalue weighted by atomic mass is 32.2. The van der Waals surface area contributed by atoms with E-state index in [0.717, 1.165) is 25.0 Å². The number of unbranched alkanes of at least 4 members (excludes halogenated alkanes) is 1. The number of phenols is 2. The fourth-order valence-corrected chi connectivity index (χ4v) is 10.3. The van der Waals surface area contributed by atoms with Crippen molar-refractivity contribution in [3.05, 3.63) is 47.1 Å². The summed E-state index contributed by atoms with van der Waals surface area (Å²) in [4.78, 5) is 54.0. The van der Waals surface area contributed by atoms with Gasteiger partial charge in [0.2, 0.25) is 5.91 Å². The minimum absolute atomic E-state index is 0.0333. The Balaban J connectivity index is 1.32. The third-order valence-electron chi connectivity index (χ3n) is 12.4. The number of nitrogens with zero attached hydrogens (tertiary/aromatic N) is 1. The molecule has 5 amide bonds. The number of anilines is 1. The van der Waals surface area contributed by atoms with E-state index >= 15 is 0 Å². The summed E-state index contributed by atoms with van der Waals surface area (Å²) in [5, 5.41) is 46.2. The molecule has 0 aliphatic carbocycles. The van der Waals surface area contributed by atoms with Gasteiger partial charge in [-0.15, -0.1) is 0 Å². The van der Waals surface area contributed by atoms with Gasteiger partial charge in [-0.25, -0.2) is 9.59 Å². The number of hydrogen-bond acceptors (Lipinski definition) is 14. The van der Waals surface area contributed by atoms with Crippen LogP contribution < -0.4 is 27.0 Å². The molecular weight excluding hydrogens is 861 g/mol. The van der Waals surface area contributed by atoms with Gasteiger partial charge in [0.1, 0.15) is 23.3 Å². The van der Waals surface area contributed by atoms with Gasteiger partial charge in [0.05, 0.1) is 55.4 Å². The van der Waals surface area contributed by atoms with Gasteiger partial charge in [-0.3, -0.25) is 14.6 Å². The zero-order chi connectivity index (χ0) is 47.9. The average Bonchev–Trinajstić information content (AvgIpc) is 3.63. The van der Waals surface area contributed by atoms with E-state index in [9.17, 15) is 34.5 Å². The number of urea groups is 1. The highest BCUT2D eigenvalue weighted by Gasteiger charge is 2.60. The Morgan fingerprint density at radius 2 is 1.80 bits per heavy atom. The van der Waals surface area contributed by atoms with Crippen LogP contribution in [0.1, 0.15) is 79.2 Å². The van der Waals surface area contributed by atoms with Crippen LogP contribution in [0, 0.1) is 11.8 Å². The minimum Gasteiger partial charge on any atom is -0.506 e. The maximum Gasteiger partial charge on any atom is 0.405 e. The van der Waals surface area contributed by atoms with Crippen LogP contribution in [0.4, 0.5) is 21.0 Å². The molecule has 4 rings (SSSR count). The number of nitrogens with one attached hydrogen (secondary N) is 4. The van der Waals surface area contributed by atoms with E-state index in [1.165, 1.54) is 32.6 Å². The first-order chi connectivity index (χ1) is 30.8. The molecule has 19 heteroatoms. The first-order valence-electron chi connectivity index (χ1n) is 22.1. The number of allylic oxidation sites excluding steroid dienone is 2. The van der Waals surface area contributed by atoms with Crippen molar-refractivity contribution in [3.8, 4) is 11.5 Å². The van der Waals surface area contributed by atoms with Crippen molar-refractivity contribution in [3.63, 3.8) is 0 Å². The minimum atomic E-state index is -1.01. The molecule has 2 saturated heterocycles.